The molecule has 1 aromatic carbocycles. The predicted molar refractivity (Wildman–Crippen MR) is 69.4 cm³/mol. The number of nitrogens with one attached hydrogen (secondary N) is 1. The Kier molecular flexibility index (Phi) is 4.19. The number of rotatable bonds is 2. The second-order valence-corrected chi connectivity index (χ2v) is 7.00. The number of carbonyl (C=O) groups is 1. The van der Waals surface area contributed by atoms with Gasteiger partial charge in [0.25, 0.3) is 0 Å². The molecule has 19 heavy (non-hydrogen) atoms. The molecule has 0 radical (unpaired) electrons. The first-order chi connectivity index (χ1) is 8.50. The van der Waals surface area contributed by atoms with E-state index in [-0.39, 0.29) is 5.69 Å². The Morgan fingerprint density at radius 2 is 1.89 bits per heavy atom. The third kappa shape index (κ3) is 4.51. The minimum Gasteiger partial charge on any atom is -0.444 e. The van der Waals surface area contributed by atoms with Crippen molar-refractivity contribution in [3.8, 4) is 0 Å². The molecule has 106 valence electrons. The topological polar surface area (TPSA) is 72.5 Å². The van der Waals surface area contributed by atoms with Crippen LogP contribution in [0.5, 0.6) is 0 Å². The molecule has 0 spiro atoms. The largest absolute Gasteiger partial charge is 0.444 e. The van der Waals surface area contributed by atoms with Crippen molar-refractivity contribution in [2.75, 3.05) is 11.6 Å². The zero-order valence-electron chi connectivity index (χ0n) is 11.2. The zero-order valence-corrected chi connectivity index (χ0v) is 12.0. The van der Waals surface area contributed by atoms with Gasteiger partial charge in [-0.3, -0.25) is 5.32 Å². The number of ether oxygens (including phenoxy) is 1. The van der Waals surface area contributed by atoms with E-state index in [0.717, 1.165) is 12.3 Å². The summed E-state index contributed by atoms with van der Waals surface area (Å²) in [5, 5.41) is 2.18. The standard InChI is InChI=1S/C12H16FNO4S/c1-12(2,3)18-11(15)14-8-6-5-7-9(10(8)13)19(4,16)17/h5-7H,1-4H3,(H,14,15). The molecule has 5 nitrogen and oxygen atoms in total. The maximum absolute atomic E-state index is 13.9. The van der Waals surface area contributed by atoms with Gasteiger partial charge < -0.3 is 4.74 Å². The van der Waals surface area contributed by atoms with Crippen molar-refractivity contribution in [2.24, 2.45) is 0 Å². The summed E-state index contributed by atoms with van der Waals surface area (Å²) in [6.45, 7) is 4.99. The number of halogens is 1. The van der Waals surface area contributed by atoms with E-state index in [2.05, 4.69) is 5.32 Å². The number of carbonyl (C=O) groups excluding carboxylic acids is 1. The van der Waals surface area contributed by atoms with Gasteiger partial charge in [-0.2, -0.15) is 0 Å². The number of hydrogen-bond donors (Lipinski definition) is 1. The van der Waals surface area contributed by atoms with Crippen LogP contribution in [-0.4, -0.2) is 26.4 Å². The number of amides is 1. The third-order valence-corrected chi connectivity index (χ3v) is 3.11. The fourth-order valence-electron chi connectivity index (χ4n) is 1.31. The van der Waals surface area contributed by atoms with Crippen molar-refractivity contribution >= 4 is 21.6 Å². The van der Waals surface area contributed by atoms with E-state index < -0.39 is 32.2 Å². The first kappa shape index (κ1) is 15.4. The average molecular weight is 289 g/mol. The summed E-state index contributed by atoms with van der Waals surface area (Å²) in [7, 11) is -3.69. The lowest BCUT2D eigenvalue weighted by molar-refractivity contribution is 0.0635. The smallest absolute Gasteiger partial charge is 0.412 e. The van der Waals surface area contributed by atoms with Gasteiger partial charge in [-0.15, -0.1) is 0 Å². The van der Waals surface area contributed by atoms with Gasteiger partial charge in [-0.1, -0.05) is 6.07 Å². The quantitative estimate of drug-likeness (QED) is 0.908. The molecule has 1 aromatic rings. The van der Waals surface area contributed by atoms with E-state index in [0.29, 0.717) is 0 Å². The number of hydrogen-bond acceptors (Lipinski definition) is 4. The van der Waals surface area contributed by atoms with Crippen LogP contribution in [0.1, 0.15) is 20.8 Å². The highest BCUT2D eigenvalue weighted by molar-refractivity contribution is 7.90. The van der Waals surface area contributed by atoms with Crippen LogP contribution in [0.15, 0.2) is 23.1 Å². The molecule has 0 aliphatic rings. The van der Waals surface area contributed by atoms with Gasteiger partial charge in [0, 0.05) is 6.26 Å². The molecule has 7 heteroatoms. The maximum atomic E-state index is 13.9. The lowest BCUT2D eigenvalue weighted by atomic mass is 10.2. The highest BCUT2D eigenvalue weighted by Gasteiger charge is 2.20. The molecule has 0 atom stereocenters. The Balaban J connectivity index is 3.01. The molecule has 1 rings (SSSR count). The molecule has 0 aliphatic heterocycles. The van der Waals surface area contributed by atoms with Crippen LogP contribution in [0.4, 0.5) is 14.9 Å². The monoisotopic (exact) mass is 289 g/mol. The summed E-state index contributed by atoms with van der Waals surface area (Å²) in [6.07, 6.45) is 0.0416. The van der Waals surface area contributed by atoms with Crippen LogP contribution >= 0.6 is 0 Å². The van der Waals surface area contributed by atoms with E-state index in [1.165, 1.54) is 12.1 Å². The Morgan fingerprint density at radius 3 is 2.37 bits per heavy atom. The molecule has 0 fully saturated rings. The average Bonchev–Trinajstić information content (AvgIpc) is 2.16. The number of anilines is 1. The first-order valence-corrected chi connectivity index (χ1v) is 7.38. The van der Waals surface area contributed by atoms with Gasteiger partial charge in [0.2, 0.25) is 0 Å². The molecule has 0 aromatic heterocycles. The van der Waals surface area contributed by atoms with Gasteiger partial charge in [0.1, 0.15) is 10.5 Å². The van der Waals surface area contributed by atoms with Crippen molar-refractivity contribution in [1.82, 2.24) is 0 Å². The molecule has 1 N–H and O–H groups in total. The molecule has 0 unspecified atom stereocenters. The third-order valence-electron chi connectivity index (χ3n) is 2.00. The van der Waals surface area contributed by atoms with Crippen molar-refractivity contribution < 1.29 is 22.3 Å². The Morgan fingerprint density at radius 1 is 1.32 bits per heavy atom. The normalized spacial score (nSPS) is 12.1. The predicted octanol–water partition coefficient (Wildman–Crippen LogP) is 2.58. The van der Waals surface area contributed by atoms with Gasteiger partial charge in [0.15, 0.2) is 15.7 Å². The van der Waals surface area contributed by atoms with Crippen molar-refractivity contribution in [2.45, 2.75) is 31.3 Å². The maximum Gasteiger partial charge on any atom is 0.412 e. The lowest BCUT2D eigenvalue weighted by Crippen LogP contribution is -2.27. The van der Waals surface area contributed by atoms with Crippen LogP contribution in [0, 0.1) is 5.82 Å². The van der Waals surface area contributed by atoms with Crippen LogP contribution in [0.25, 0.3) is 0 Å². The zero-order chi connectivity index (χ0) is 14.8. The van der Waals surface area contributed by atoms with Gasteiger partial charge in [-0.05, 0) is 32.9 Å². The Bertz CT molecular complexity index is 590. The molecule has 0 bridgehead atoms. The SMILES string of the molecule is CC(C)(C)OC(=O)Nc1cccc(S(C)(=O)=O)c1F. The number of sulfone groups is 1. The molecule has 0 heterocycles. The summed E-state index contributed by atoms with van der Waals surface area (Å²) < 4.78 is 41.5. The second-order valence-electron chi connectivity index (χ2n) is 5.02. The summed E-state index contributed by atoms with van der Waals surface area (Å²) in [5.41, 5.74) is -0.966. The lowest BCUT2D eigenvalue weighted by Gasteiger charge is -2.20. The van der Waals surface area contributed by atoms with Gasteiger partial charge in [0.05, 0.1) is 5.69 Å². The van der Waals surface area contributed by atoms with Crippen molar-refractivity contribution in [1.29, 1.82) is 0 Å². The highest BCUT2D eigenvalue weighted by atomic mass is 32.2. The molecule has 0 saturated heterocycles. The molecular weight excluding hydrogens is 273 g/mol. The van der Waals surface area contributed by atoms with E-state index in [9.17, 15) is 17.6 Å². The van der Waals surface area contributed by atoms with Crippen LogP contribution in [-0.2, 0) is 14.6 Å². The summed E-state index contributed by atoms with van der Waals surface area (Å²) in [6, 6.07) is 3.73. The van der Waals surface area contributed by atoms with E-state index in [1.807, 2.05) is 0 Å². The fraction of sp³-hybridized carbons (Fsp3) is 0.417. The Labute approximate surface area is 111 Å². The van der Waals surface area contributed by atoms with Crippen LogP contribution in [0.3, 0.4) is 0 Å². The van der Waals surface area contributed by atoms with Crippen LogP contribution in [0.2, 0.25) is 0 Å². The van der Waals surface area contributed by atoms with Crippen LogP contribution < -0.4 is 5.32 Å². The number of benzene rings is 1. The summed E-state index contributed by atoms with van der Waals surface area (Å²) in [4.78, 5) is 11.0. The molecular formula is C12H16FNO4S. The minimum absolute atomic E-state index is 0.239. The minimum atomic E-state index is -3.69. The van der Waals surface area contributed by atoms with Gasteiger partial charge in [-0.25, -0.2) is 17.6 Å². The molecule has 0 saturated carbocycles. The molecule has 1 amide bonds. The van der Waals surface area contributed by atoms with Crippen molar-refractivity contribution in [3.05, 3.63) is 24.0 Å². The fourth-order valence-corrected chi connectivity index (χ4v) is 2.07. The summed E-state index contributed by atoms with van der Waals surface area (Å²) in [5.74, 6) is -1.00. The first-order valence-electron chi connectivity index (χ1n) is 5.49. The highest BCUT2D eigenvalue weighted by Crippen LogP contribution is 2.22. The van der Waals surface area contributed by atoms with E-state index >= 15 is 0 Å². The molecule has 0 aliphatic carbocycles. The Hall–Kier alpha value is -1.63. The van der Waals surface area contributed by atoms with E-state index in [1.54, 1.807) is 20.8 Å². The van der Waals surface area contributed by atoms with Crippen molar-refractivity contribution in [3.63, 3.8) is 0 Å². The summed E-state index contributed by atoms with van der Waals surface area (Å²) >= 11 is 0. The van der Waals surface area contributed by atoms with Gasteiger partial charge >= 0.3 is 6.09 Å². The second kappa shape index (κ2) is 5.16. The van der Waals surface area contributed by atoms with E-state index in [4.69, 9.17) is 4.74 Å².